The van der Waals surface area contributed by atoms with E-state index in [0.717, 1.165) is 12.1 Å². The van der Waals surface area contributed by atoms with E-state index in [1.165, 1.54) is 24.2 Å². The van der Waals surface area contributed by atoms with Crippen molar-refractivity contribution < 1.29 is 14.7 Å². The zero-order valence-corrected chi connectivity index (χ0v) is 11.9. The van der Waals surface area contributed by atoms with Gasteiger partial charge >= 0.3 is 12.0 Å². The van der Waals surface area contributed by atoms with E-state index in [0.29, 0.717) is 24.1 Å². The number of likely N-dealkylation sites (tertiary alicyclic amines) is 1. The fourth-order valence-corrected chi connectivity index (χ4v) is 3.29. The van der Waals surface area contributed by atoms with Crippen molar-refractivity contribution in [3.8, 4) is 0 Å². The highest BCUT2D eigenvalue weighted by Crippen LogP contribution is 2.40. The first-order valence-corrected chi connectivity index (χ1v) is 7.73. The summed E-state index contributed by atoms with van der Waals surface area (Å²) in [4.78, 5) is 28.8. The number of nitrogens with zero attached hydrogens (tertiary/aromatic N) is 2. The summed E-state index contributed by atoms with van der Waals surface area (Å²) in [5.41, 5.74) is 1.08. The van der Waals surface area contributed by atoms with E-state index in [9.17, 15) is 9.59 Å². The molecule has 108 valence electrons. The van der Waals surface area contributed by atoms with Crippen LogP contribution in [0.4, 0.5) is 9.93 Å². The summed E-state index contributed by atoms with van der Waals surface area (Å²) in [6, 6.07) is -0.172. The summed E-state index contributed by atoms with van der Waals surface area (Å²) < 4.78 is 0. The molecule has 2 N–H and O–H groups in total. The van der Waals surface area contributed by atoms with Gasteiger partial charge < -0.3 is 10.0 Å². The number of hydrogen-bond donors (Lipinski definition) is 2. The number of carboxylic acid groups (broad SMARTS) is 1. The van der Waals surface area contributed by atoms with Crippen molar-refractivity contribution in [2.75, 3.05) is 18.4 Å². The number of anilines is 1. The molecule has 1 saturated carbocycles. The van der Waals surface area contributed by atoms with Crippen LogP contribution in [0.5, 0.6) is 0 Å². The molecule has 1 saturated heterocycles. The molecule has 0 radical (unpaired) electrons. The molecule has 1 aliphatic heterocycles. The molecule has 20 heavy (non-hydrogen) atoms. The Morgan fingerprint density at radius 1 is 1.45 bits per heavy atom. The first kappa shape index (κ1) is 13.4. The first-order chi connectivity index (χ1) is 9.61. The van der Waals surface area contributed by atoms with Crippen molar-refractivity contribution in [1.82, 2.24) is 9.88 Å². The molecule has 1 atom stereocenters. The van der Waals surface area contributed by atoms with Crippen LogP contribution in [0.3, 0.4) is 0 Å². The number of carbonyl (C=O) groups is 2. The van der Waals surface area contributed by atoms with E-state index in [1.54, 1.807) is 4.90 Å². The van der Waals surface area contributed by atoms with E-state index in [2.05, 4.69) is 10.3 Å². The number of thiazole rings is 1. The molecule has 0 aromatic carbocycles. The Bertz CT molecular complexity index is 527. The van der Waals surface area contributed by atoms with Crippen LogP contribution in [0.1, 0.15) is 37.3 Å². The van der Waals surface area contributed by atoms with Crippen LogP contribution < -0.4 is 5.32 Å². The molecule has 2 aliphatic rings. The van der Waals surface area contributed by atoms with Crippen molar-refractivity contribution in [3.05, 3.63) is 11.1 Å². The van der Waals surface area contributed by atoms with Gasteiger partial charge in [0.1, 0.15) is 0 Å². The zero-order chi connectivity index (χ0) is 14.1. The minimum atomic E-state index is -0.800. The van der Waals surface area contributed by atoms with E-state index >= 15 is 0 Å². The summed E-state index contributed by atoms with van der Waals surface area (Å²) in [6.45, 7) is 1.13. The van der Waals surface area contributed by atoms with E-state index in [-0.39, 0.29) is 18.4 Å². The molecule has 1 aliphatic carbocycles. The van der Waals surface area contributed by atoms with Crippen LogP contribution >= 0.6 is 11.3 Å². The molecule has 0 bridgehead atoms. The van der Waals surface area contributed by atoms with Crippen LogP contribution in [0.15, 0.2) is 5.38 Å². The Morgan fingerprint density at radius 3 is 2.95 bits per heavy atom. The van der Waals surface area contributed by atoms with Gasteiger partial charge in [-0.05, 0) is 25.2 Å². The van der Waals surface area contributed by atoms with Crippen molar-refractivity contribution in [1.29, 1.82) is 0 Å². The number of urea groups is 1. The van der Waals surface area contributed by atoms with Crippen molar-refractivity contribution in [2.45, 2.75) is 31.6 Å². The minimum absolute atomic E-state index is 0.0663. The van der Waals surface area contributed by atoms with Gasteiger partial charge in [-0.15, -0.1) is 11.3 Å². The molecule has 3 rings (SSSR count). The second-order valence-electron chi connectivity index (χ2n) is 5.48. The lowest BCUT2D eigenvalue weighted by atomic mass is 10.1. The van der Waals surface area contributed by atoms with Gasteiger partial charge in [-0.2, -0.15) is 0 Å². The quantitative estimate of drug-likeness (QED) is 0.893. The SMILES string of the molecule is O=C(O)CC1CCN(C(=O)Nc2nc(C3CC3)cs2)C1. The monoisotopic (exact) mass is 295 g/mol. The van der Waals surface area contributed by atoms with Gasteiger partial charge in [0, 0.05) is 30.8 Å². The van der Waals surface area contributed by atoms with Gasteiger partial charge in [-0.3, -0.25) is 10.1 Å². The highest BCUT2D eigenvalue weighted by Gasteiger charge is 2.29. The molecule has 2 heterocycles. The Balaban J connectivity index is 1.52. The second-order valence-corrected chi connectivity index (χ2v) is 6.34. The first-order valence-electron chi connectivity index (χ1n) is 6.85. The molecule has 6 nitrogen and oxygen atoms in total. The molecule has 2 fully saturated rings. The van der Waals surface area contributed by atoms with Gasteiger partial charge in [0.15, 0.2) is 5.13 Å². The maximum atomic E-state index is 12.1. The number of rotatable bonds is 4. The van der Waals surface area contributed by atoms with Gasteiger partial charge in [-0.25, -0.2) is 9.78 Å². The number of aromatic nitrogens is 1. The lowest BCUT2D eigenvalue weighted by Crippen LogP contribution is -2.33. The molecule has 1 unspecified atom stereocenters. The second kappa shape index (κ2) is 5.40. The summed E-state index contributed by atoms with van der Waals surface area (Å²) in [5.74, 6) is -0.147. The van der Waals surface area contributed by atoms with E-state index in [1.807, 2.05) is 5.38 Å². The average Bonchev–Trinajstić information content (AvgIpc) is 2.96. The van der Waals surface area contributed by atoms with Gasteiger partial charge in [0.25, 0.3) is 0 Å². The third kappa shape index (κ3) is 3.09. The molecule has 2 amide bonds. The number of nitrogens with one attached hydrogen (secondary N) is 1. The third-order valence-corrected chi connectivity index (χ3v) is 4.54. The number of aliphatic carboxylic acids is 1. The average molecular weight is 295 g/mol. The van der Waals surface area contributed by atoms with Crippen molar-refractivity contribution in [2.24, 2.45) is 5.92 Å². The lowest BCUT2D eigenvalue weighted by molar-refractivity contribution is -0.138. The zero-order valence-electron chi connectivity index (χ0n) is 11.0. The number of carboxylic acids is 1. The molecule has 0 spiro atoms. The third-order valence-electron chi connectivity index (χ3n) is 3.77. The van der Waals surface area contributed by atoms with Crippen molar-refractivity contribution in [3.63, 3.8) is 0 Å². The van der Waals surface area contributed by atoms with Crippen LogP contribution in [0.25, 0.3) is 0 Å². The Morgan fingerprint density at radius 2 is 2.25 bits per heavy atom. The standard InChI is InChI=1S/C13H17N3O3S/c17-11(18)5-8-3-4-16(6-8)13(19)15-12-14-10(7-20-12)9-1-2-9/h7-9H,1-6H2,(H,17,18)(H,14,15,19). The normalized spacial score (nSPS) is 22.0. The van der Waals surface area contributed by atoms with Crippen molar-refractivity contribution >= 4 is 28.5 Å². The lowest BCUT2D eigenvalue weighted by Gasteiger charge is -2.15. The smallest absolute Gasteiger partial charge is 0.323 e. The fraction of sp³-hybridized carbons (Fsp3) is 0.615. The molecular formula is C13H17N3O3S. The largest absolute Gasteiger partial charge is 0.481 e. The molecule has 7 heteroatoms. The number of hydrogen-bond acceptors (Lipinski definition) is 4. The van der Waals surface area contributed by atoms with Crippen LogP contribution in [-0.2, 0) is 4.79 Å². The maximum absolute atomic E-state index is 12.1. The van der Waals surface area contributed by atoms with Crippen LogP contribution in [0, 0.1) is 5.92 Å². The summed E-state index contributed by atoms with van der Waals surface area (Å²) in [7, 11) is 0. The highest BCUT2D eigenvalue weighted by molar-refractivity contribution is 7.13. The molecule has 1 aromatic rings. The number of carbonyl (C=O) groups excluding carboxylic acids is 1. The summed E-state index contributed by atoms with van der Waals surface area (Å²) >= 11 is 1.45. The summed E-state index contributed by atoms with van der Waals surface area (Å²) in [5, 5.41) is 14.2. The van der Waals surface area contributed by atoms with Crippen LogP contribution in [0.2, 0.25) is 0 Å². The summed E-state index contributed by atoms with van der Waals surface area (Å²) in [6.07, 6.45) is 3.28. The van der Waals surface area contributed by atoms with Gasteiger partial charge in [0.05, 0.1) is 5.69 Å². The van der Waals surface area contributed by atoms with E-state index < -0.39 is 5.97 Å². The molecule has 1 aromatic heterocycles. The highest BCUT2D eigenvalue weighted by atomic mass is 32.1. The predicted octanol–water partition coefficient (Wildman–Crippen LogP) is 2.35. The Labute approximate surface area is 120 Å². The van der Waals surface area contributed by atoms with Gasteiger partial charge in [0.2, 0.25) is 0 Å². The van der Waals surface area contributed by atoms with E-state index in [4.69, 9.17) is 5.11 Å². The fourth-order valence-electron chi connectivity index (χ4n) is 2.51. The molecular weight excluding hydrogens is 278 g/mol. The number of amides is 2. The van der Waals surface area contributed by atoms with Gasteiger partial charge in [-0.1, -0.05) is 0 Å². The Kier molecular flexibility index (Phi) is 3.60. The predicted molar refractivity (Wildman–Crippen MR) is 75.0 cm³/mol. The maximum Gasteiger partial charge on any atom is 0.323 e. The minimum Gasteiger partial charge on any atom is -0.481 e. The van der Waals surface area contributed by atoms with Crippen LogP contribution in [-0.4, -0.2) is 40.1 Å². The Hall–Kier alpha value is -1.63. The topological polar surface area (TPSA) is 82.5 Å².